The Hall–Kier alpha value is -1.07. The Labute approximate surface area is 150 Å². The van der Waals surface area contributed by atoms with E-state index in [1.807, 2.05) is 29.6 Å². The van der Waals surface area contributed by atoms with E-state index in [1.165, 1.54) is 4.88 Å². The molecule has 0 saturated heterocycles. The second kappa shape index (κ2) is 7.67. The molecule has 0 radical (unpaired) electrons. The van der Waals surface area contributed by atoms with Gasteiger partial charge in [-0.05, 0) is 42.0 Å². The molecule has 1 heterocycles. The highest BCUT2D eigenvalue weighted by atomic mass is 35.5. The molecule has 23 heavy (non-hydrogen) atoms. The molecule has 2 aromatic rings. The number of benzene rings is 1. The molecule has 0 spiro atoms. The lowest BCUT2D eigenvalue weighted by Gasteiger charge is -2.21. The second-order valence-electron chi connectivity index (χ2n) is 5.74. The van der Waals surface area contributed by atoms with Crippen molar-refractivity contribution in [3.05, 3.63) is 56.2 Å². The monoisotopic (exact) mass is 368 g/mol. The summed E-state index contributed by atoms with van der Waals surface area (Å²) in [6.07, 6.45) is 2.30. The molecule has 1 N–H and O–H groups in total. The molecule has 1 amide bonds. The maximum absolute atomic E-state index is 12.2. The molecule has 3 rings (SSSR count). The first-order chi connectivity index (χ1) is 11.1. The summed E-state index contributed by atoms with van der Waals surface area (Å²) in [5.74, 6) is 0.0605. The van der Waals surface area contributed by atoms with Gasteiger partial charge in [0.05, 0.1) is 23.1 Å². The Morgan fingerprint density at radius 1 is 1.26 bits per heavy atom. The predicted molar refractivity (Wildman–Crippen MR) is 96.1 cm³/mol. The molecular weight excluding hydrogens is 351 g/mol. The molecule has 0 atom stereocenters. The second-order valence-corrected chi connectivity index (χ2v) is 7.59. The minimum absolute atomic E-state index is 0.0605. The Kier molecular flexibility index (Phi) is 5.59. The zero-order valence-corrected chi connectivity index (χ0v) is 14.9. The van der Waals surface area contributed by atoms with Crippen LogP contribution in [0.1, 0.15) is 23.3 Å². The molecule has 122 valence electrons. The fourth-order valence-electron chi connectivity index (χ4n) is 2.47. The third kappa shape index (κ3) is 4.95. The van der Waals surface area contributed by atoms with Crippen LogP contribution in [0.3, 0.4) is 0 Å². The first-order valence-electron chi connectivity index (χ1n) is 7.59. The normalized spacial score (nSPS) is 14.2. The van der Waals surface area contributed by atoms with Crippen LogP contribution in [-0.2, 0) is 17.9 Å². The predicted octanol–water partition coefficient (Wildman–Crippen LogP) is 4.34. The highest BCUT2D eigenvalue weighted by Crippen LogP contribution is 2.29. The average Bonchev–Trinajstić information content (AvgIpc) is 3.24. The van der Waals surface area contributed by atoms with Crippen LogP contribution in [0, 0.1) is 0 Å². The van der Waals surface area contributed by atoms with Gasteiger partial charge in [0.25, 0.3) is 0 Å². The van der Waals surface area contributed by atoms with Crippen LogP contribution in [0.2, 0.25) is 10.0 Å². The van der Waals surface area contributed by atoms with Crippen molar-refractivity contribution in [2.45, 2.75) is 32.0 Å². The lowest BCUT2D eigenvalue weighted by atomic mass is 10.2. The minimum Gasteiger partial charge on any atom is -0.350 e. The van der Waals surface area contributed by atoms with Crippen LogP contribution in [0.4, 0.5) is 0 Å². The average molecular weight is 369 g/mol. The van der Waals surface area contributed by atoms with E-state index in [0.717, 1.165) is 18.4 Å². The van der Waals surface area contributed by atoms with E-state index in [4.69, 9.17) is 23.2 Å². The highest BCUT2D eigenvalue weighted by molar-refractivity contribution is 7.09. The van der Waals surface area contributed by atoms with Crippen molar-refractivity contribution >= 4 is 40.4 Å². The molecule has 3 nitrogen and oxygen atoms in total. The van der Waals surface area contributed by atoms with Gasteiger partial charge >= 0.3 is 0 Å². The lowest BCUT2D eigenvalue weighted by Crippen LogP contribution is -2.37. The van der Waals surface area contributed by atoms with Gasteiger partial charge in [-0.2, -0.15) is 0 Å². The number of nitrogens with zero attached hydrogens (tertiary/aromatic N) is 1. The molecule has 6 heteroatoms. The molecule has 1 aromatic carbocycles. The van der Waals surface area contributed by atoms with Gasteiger partial charge in [0.15, 0.2) is 0 Å². The molecule has 0 aliphatic heterocycles. The number of hydrogen-bond donors (Lipinski definition) is 1. The summed E-state index contributed by atoms with van der Waals surface area (Å²) in [5.41, 5.74) is 1.08. The summed E-state index contributed by atoms with van der Waals surface area (Å²) < 4.78 is 0. The van der Waals surface area contributed by atoms with E-state index in [0.29, 0.717) is 35.7 Å². The maximum atomic E-state index is 12.2. The smallest absolute Gasteiger partial charge is 0.234 e. The Morgan fingerprint density at radius 2 is 2.09 bits per heavy atom. The quantitative estimate of drug-likeness (QED) is 0.788. The van der Waals surface area contributed by atoms with Gasteiger partial charge < -0.3 is 5.32 Å². The topological polar surface area (TPSA) is 32.3 Å². The Bertz CT molecular complexity index is 671. The van der Waals surface area contributed by atoms with Crippen molar-refractivity contribution in [1.82, 2.24) is 10.2 Å². The van der Waals surface area contributed by atoms with Crippen LogP contribution >= 0.6 is 34.5 Å². The van der Waals surface area contributed by atoms with Crippen LogP contribution < -0.4 is 5.32 Å². The molecule has 1 fully saturated rings. The number of rotatable bonds is 7. The van der Waals surface area contributed by atoms with Gasteiger partial charge in [0.1, 0.15) is 0 Å². The lowest BCUT2D eigenvalue weighted by molar-refractivity contribution is -0.122. The van der Waals surface area contributed by atoms with E-state index >= 15 is 0 Å². The van der Waals surface area contributed by atoms with Gasteiger partial charge in [0.2, 0.25) is 5.91 Å². The maximum Gasteiger partial charge on any atom is 0.234 e. The minimum atomic E-state index is 0.0605. The zero-order valence-electron chi connectivity index (χ0n) is 12.6. The van der Waals surface area contributed by atoms with Crippen molar-refractivity contribution in [3.63, 3.8) is 0 Å². The van der Waals surface area contributed by atoms with Crippen molar-refractivity contribution < 1.29 is 4.79 Å². The first-order valence-corrected chi connectivity index (χ1v) is 9.22. The van der Waals surface area contributed by atoms with Crippen molar-refractivity contribution in [1.29, 1.82) is 0 Å². The number of amides is 1. The van der Waals surface area contributed by atoms with Crippen LogP contribution in [-0.4, -0.2) is 23.4 Å². The number of carbonyl (C=O) groups is 1. The third-order valence-corrected chi connectivity index (χ3v) is 5.43. The number of carbonyl (C=O) groups excluding carboxylic acids is 1. The summed E-state index contributed by atoms with van der Waals surface area (Å²) in [4.78, 5) is 15.6. The van der Waals surface area contributed by atoms with Gasteiger partial charge in [-0.25, -0.2) is 0 Å². The highest BCUT2D eigenvalue weighted by Gasteiger charge is 2.30. The van der Waals surface area contributed by atoms with Crippen LogP contribution in [0.5, 0.6) is 0 Å². The summed E-state index contributed by atoms with van der Waals surface area (Å²) in [7, 11) is 0. The SMILES string of the molecule is O=C(CN(Cc1ccc(Cl)c(Cl)c1)C1CC1)NCc1cccs1. The first kappa shape index (κ1) is 16.8. The summed E-state index contributed by atoms with van der Waals surface area (Å²) >= 11 is 13.7. The van der Waals surface area contributed by atoms with E-state index < -0.39 is 0 Å². The van der Waals surface area contributed by atoms with Crippen molar-refractivity contribution in [2.24, 2.45) is 0 Å². The van der Waals surface area contributed by atoms with Gasteiger partial charge in [-0.1, -0.05) is 35.3 Å². The van der Waals surface area contributed by atoms with E-state index in [1.54, 1.807) is 17.4 Å². The number of thiophene rings is 1. The summed E-state index contributed by atoms with van der Waals surface area (Å²) in [5, 5.41) is 6.12. The Balaban J connectivity index is 1.56. The van der Waals surface area contributed by atoms with Crippen LogP contribution in [0.25, 0.3) is 0 Å². The molecular formula is C17H18Cl2N2OS. The van der Waals surface area contributed by atoms with Crippen molar-refractivity contribution in [3.8, 4) is 0 Å². The van der Waals surface area contributed by atoms with E-state index in [-0.39, 0.29) is 5.91 Å². The molecule has 1 aliphatic carbocycles. The van der Waals surface area contributed by atoms with E-state index in [2.05, 4.69) is 10.2 Å². The fraction of sp³-hybridized carbons (Fsp3) is 0.353. The molecule has 0 unspecified atom stereocenters. The van der Waals surface area contributed by atoms with E-state index in [9.17, 15) is 4.79 Å². The number of hydrogen-bond acceptors (Lipinski definition) is 3. The third-order valence-electron chi connectivity index (χ3n) is 3.82. The standard InChI is InChI=1S/C17H18Cl2N2OS/c18-15-6-3-12(8-16(15)19)10-21(13-4-5-13)11-17(22)20-9-14-2-1-7-23-14/h1-3,6-8,13H,4-5,9-11H2,(H,20,22). The summed E-state index contributed by atoms with van der Waals surface area (Å²) in [6, 6.07) is 10.2. The fourth-order valence-corrected chi connectivity index (χ4v) is 3.43. The van der Waals surface area contributed by atoms with Gasteiger partial charge in [-0.15, -0.1) is 11.3 Å². The molecule has 0 bridgehead atoms. The van der Waals surface area contributed by atoms with Crippen molar-refractivity contribution in [2.75, 3.05) is 6.54 Å². The van der Waals surface area contributed by atoms with Gasteiger partial charge in [-0.3, -0.25) is 9.69 Å². The molecule has 1 aliphatic rings. The number of halogens is 2. The Morgan fingerprint density at radius 3 is 2.74 bits per heavy atom. The van der Waals surface area contributed by atoms with Gasteiger partial charge in [0, 0.05) is 17.5 Å². The van der Waals surface area contributed by atoms with Crippen LogP contribution in [0.15, 0.2) is 35.7 Å². The zero-order chi connectivity index (χ0) is 16.2. The summed E-state index contributed by atoms with van der Waals surface area (Å²) in [6.45, 7) is 1.73. The largest absolute Gasteiger partial charge is 0.350 e. The molecule has 1 saturated carbocycles. The molecule has 1 aromatic heterocycles. The number of nitrogens with one attached hydrogen (secondary N) is 1.